The van der Waals surface area contributed by atoms with Crippen LogP contribution in [0, 0.1) is 3.57 Å². The monoisotopic (exact) mass is 440 g/mol. The van der Waals surface area contributed by atoms with E-state index >= 15 is 0 Å². The number of hydrogen-bond donors (Lipinski definition) is 1. The molecule has 2 heterocycles. The summed E-state index contributed by atoms with van der Waals surface area (Å²) >= 11 is 2.32. The van der Waals surface area contributed by atoms with Crippen molar-refractivity contribution in [3.05, 3.63) is 45.9 Å². The summed E-state index contributed by atoms with van der Waals surface area (Å²) in [5, 5.41) is 7.23. The number of hydrogen-bond acceptors (Lipinski definition) is 4. The number of benzene rings is 1. The molecule has 24 heavy (non-hydrogen) atoms. The molecule has 3 rings (SSSR count). The quantitative estimate of drug-likeness (QED) is 0.450. The van der Waals surface area contributed by atoms with E-state index in [4.69, 9.17) is 9.26 Å². The molecule has 128 valence electrons. The van der Waals surface area contributed by atoms with Crippen molar-refractivity contribution in [1.29, 1.82) is 0 Å². The molecule has 0 bridgehead atoms. The van der Waals surface area contributed by atoms with E-state index in [-0.39, 0.29) is 6.10 Å². The maximum Gasteiger partial charge on any atom is 0.193 e. The second-order valence-electron chi connectivity index (χ2n) is 5.63. The molecule has 1 aliphatic heterocycles. The Bertz CT molecular complexity index is 667. The Labute approximate surface area is 155 Å². The Morgan fingerprint density at radius 1 is 1.38 bits per heavy atom. The van der Waals surface area contributed by atoms with Crippen LogP contribution in [0.25, 0.3) is 0 Å². The molecule has 1 fully saturated rings. The number of aliphatic imine (C=N–C) groups is 1. The van der Waals surface area contributed by atoms with E-state index in [2.05, 4.69) is 49.0 Å². The van der Waals surface area contributed by atoms with Gasteiger partial charge in [0.1, 0.15) is 23.8 Å². The summed E-state index contributed by atoms with van der Waals surface area (Å²) < 4.78 is 12.2. The van der Waals surface area contributed by atoms with Gasteiger partial charge < -0.3 is 19.5 Å². The van der Waals surface area contributed by atoms with Gasteiger partial charge in [-0.2, -0.15) is 0 Å². The van der Waals surface area contributed by atoms with Crippen molar-refractivity contribution in [2.75, 3.05) is 20.1 Å². The summed E-state index contributed by atoms with van der Waals surface area (Å²) in [6, 6.07) is 10.00. The van der Waals surface area contributed by atoms with Gasteiger partial charge in [-0.05, 0) is 34.7 Å². The van der Waals surface area contributed by atoms with Crippen molar-refractivity contribution in [3.8, 4) is 5.75 Å². The van der Waals surface area contributed by atoms with Gasteiger partial charge in [-0.25, -0.2) is 0 Å². The van der Waals surface area contributed by atoms with Gasteiger partial charge in [0.2, 0.25) is 0 Å². The molecule has 1 aliphatic rings. The van der Waals surface area contributed by atoms with Gasteiger partial charge in [-0.15, -0.1) is 0 Å². The van der Waals surface area contributed by atoms with Crippen LogP contribution in [-0.4, -0.2) is 42.3 Å². The molecule has 0 amide bonds. The predicted molar refractivity (Wildman–Crippen MR) is 101 cm³/mol. The van der Waals surface area contributed by atoms with Crippen LogP contribution in [-0.2, 0) is 6.54 Å². The Morgan fingerprint density at radius 3 is 2.83 bits per heavy atom. The van der Waals surface area contributed by atoms with E-state index in [1.165, 1.54) is 0 Å². The second-order valence-corrected chi connectivity index (χ2v) is 6.79. The highest BCUT2D eigenvalue weighted by atomic mass is 127. The lowest BCUT2D eigenvalue weighted by atomic mass is 10.1. The first-order valence-electron chi connectivity index (χ1n) is 8.02. The number of para-hydroxylation sites is 1. The number of aromatic nitrogens is 1. The standard InChI is InChI=1S/C17H21IN4O2/c1-19-17(20-12-13-8-11-23-21-13)22-9-6-14(7-10-22)24-16-5-3-2-4-15(16)18/h2-5,8,11,14H,6-7,9-10,12H2,1H3,(H,19,20). The minimum atomic E-state index is 0.255. The summed E-state index contributed by atoms with van der Waals surface area (Å²) in [4.78, 5) is 6.63. The molecule has 0 saturated carbocycles. The highest BCUT2D eigenvalue weighted by molar-refractivity contribution is 14.1. The van der Waals surface area contributed by atoms with E-state index < -0.39 is 0 Å². The Kier molecular flexibility index (Phi) is 5.95. The van der Waals surface area contributed by atoms with Crippen LogP contribution in [0.4, 0.5) is 0 Å². The number of rotatable bonds is 4. The number of piperidine rings is 1. The first-order chi connectivity index (χ1) is 11.8. The van der Waals surface area contributed by atoms with Gasteiger partial charge in [-0.3, -0.25) is 4.99 Å². The molecule has 7 heteroatoms. The fourth-order valence-corrected chi connectivity index (χ4v) is 3.25. The molecule has 0 spiro atoms. The zero-order chi connectivity index (χ0) is 16.8. The van der Waals surface area contributed by atoms with Gasteiger partial charge in [0.25, 0.3) is 0 Å². The van der Waals surface area contributed by atoms with Crippen LogP contribution >= 0.6 is 22.6 Å². The van der Waals surface area contributed by atoms with Crippen molar-refractivity contribution in [2.45, 2.75) is 25.5 Å². The largest absolute Gasteiger partial charge is 0.489 e. The zero-order valence-electron chi connectivity index (χ0n) is 13.6. The third-order valence-corrected chi connectivity index (χ3v) is 4.89. The molecule has 0 aliphatic carbocycles. The van der Waals surface area contributed by atoms with Gasteiger partial charge in [0, 0.05) is 39.0 Å². The van der Waals surface area contributed by atoms with Crippen molar-refractivity contribution >= 4 is 28.6 Å². The van der Waals surface area contributed by atoms with E-state index in [1.54, 1.807) is 13.3 Å². The third-order valence-electron chi connectivity index (χ3n) is 4.00. The van der Waals surface area contributed by atoms with E-state index in [0.29, 0.717) is 6.54 Å². The number of likely N-dealkylation sites (tertiary alicyclic amines) is 1. The van der Waals surface area contributed by atoms with Crippen LogP contribution in [0.1, 0.15) is 18.5 Å². The van der Waals surface area contributed by atoms with Crippen molar-refractivity contribution in [1.82, 2.24) is 15.4 Å². The lowest BCUT2D eigenvalue weighted by Gasteiger charge is -2.34. The van der Waals surface area contributed by atoms with Crippen LogP contribution in [0.3, 0.4) is 0 Å². The van der Waals surface area contributed by atoms with Crippen LogP contribution in [0.2, 0.25) is 0 Å². The fourth-order valence-electron chi connectivity index (χ4n) is 2.74. The smallest absolute Gasteiger partial charge is 0.193 e. The van der Waals surface area contributed by atoms with E-state index in [9.17, 15) is 0 Å². The average molecular weight is 440 g/mol. The fraction of sp³-hybridized carbons (Fsp3) is 0.412. The summed E-state index contributed by atoms with van der Waals surface area (Å²) in [7, 11) is 1.81. The molecule has 0 unspecified atom stereocenters. The first-order valence-corrected chi connectivity index (χ1v) is 9.10. The van der Waals surface area contributed by atoms with Crippen molar-refractivity contribution < 1.29 is 9.26 Å². The SMILES string of the molecule is CN=C(NCc1ccon1)N1CCC(Oc2ccccc2I)CC1. The first kappa shape index (κ1) is 17.1. The minimum absolute atomic E-state index is 0.255. The second kappa shape index (κ2) is 8.36. The zero-order valence-corrected chi connectivity index (χ0v) is 15.8. The van der Waals surface area contributed by atoms with Crippen molar-refractivity contribution in [3.63, 3.8) is 0 Å². The molecule has 6 nitrogen and oxygen atoms in total. The average Bonchev–Trinajstić information content (AvgIpc) is 3.12. The lowest BCUT2D eigenvalue weighted by Crippen LogP contribution is -2.47. The maximum absolute atomic E-state index is 6.15. The highest BCUT2D eigenvalue weighted by Gasteiger charge is 2.23. The van der Waals surface area contributed by atoms with Crippen LogP contribution in [0.5, 0.6) is 5.75 Å². The van der Waals surface area contributed by atoms with E-state index in [1.807, 2.05) is 24.3 Å². The number of nitrogens with zero attached hydrogens (tertiary/aromatic N) is 3. The summed E-state index contributed by atoms with van der Waals surface area (Å²) in [6.45, 7) is 2.46. The highest BCUT2D eigenvalue weighted by Crippen LogP contribution is 2.24. The molecule has 0 radical (unpaired) electrons. The van der Waals surface area contributed by atoms with Crippen LogP contribution < -0.4 is 10.1 Å². The molecule has 1 aromatic carbocycles. The third kappa shape index (κ3) is 4.40. The Balaban J connectivity index is 1.49. The number of guanidine groups is 1. The van der Waals surface area contributed by atoms with Gasteiger partial charge >= 0.3 is 0 Å². The molecule has 1 aromatic heterocycles. The van der Waals surface area contributed by atoms with E-state index in [0.717, 1.165) is 46.9 Å². The molecular weight excluding hydrogens is 419 g/mol. The Hall–Kier alpha value is -1.77. The van der Waals surface area contributed by atoms with Gasteiger partial charge in [0.15, 0.2) is 5.96 Å². The normalized spacial score (nSPS) is 16.2. The van der Waals surface area contributed by atoms with Gasteiger partial charge in [-0.1, -0.05) is 17.3 Å². The Morgan fingerprint density at radius 2 is 2.17 bits per heavy atom. The number of nitrogens with one attached hydrogen (secondary N) is 1. The van der Waals surface area contributed by atoms with Crippen LogP contribution in [0.15, 0.2) is 46.1 Å². The lowest BCUT2D eigenvalue weighted by molar-refractivity contribution is 0.128. The van der Waals surface area contributed by atoms with Gasteiger partial charge in [0.05, 0.1) is 10.1 Å². The number of halogens is 1. The minimum Gasteiger partial charge on any atom is -0.489 e. The summed E-state index contributed by atoms with van der Waals surface area (Å²) in [5.41, 5.74) is 0.869. The summed E-state index contributed by atoms with van der Waals surface area (Å²) in [5.74, 6) is 1.87. The van der Waals surface area contributed by atoms with Crippen molar-refractivity contribution in [2.24, 2.45) is 4.99 Å². The molecule has 2 aromatic rings. The molecule has 1 saturated heterocycles. The predicted octanol–water partition coefficient (Wildman–Crippen LogP) is 2.90. The molecule has 0 atom stereocenters. The number of ether oxygens (including phenoxy) is 1. The molecule has 1 N–H and O–H groups in total. The molecular formula is C17H21IN4O2. The topological polar surface area (TPSA) is 62.9 Å². The summed E-state index contributed by atoms with van der Waals surface area (Å²) in [6.07, 6.45) is 3.80. The maximum atomic E-state index is 6.15.